The van der Waals surface area contributed by atoms with Crippen molar-refractivity contribution in [1.82, 2.24) is 20.6 Å². The molecule has 2 rings (SSSR count). The highest BCUT2D eigenvalue weighted by molar-refractivity contribution is 6.00. The molecule has 7 nitrogen and oxygen atoms in total. The van der Waals surface area contributed by atoms with E-state index in [-0.39, 0.29) is 11.6 Å². The second-order valence-corrected chi connectivity index (χ2v) is 7.73. The second kappa shape index (κ2) is 7.82. The molecule has 0 atom stereocenters. The van der Waals surface area contributed by atoms with Gasteiger partial charge in [-0.15, -0.1) is 0 Å². The smallest absolute Gasteiger partial charge is 0.273 e. The lowest BCUT2D eigenvalue weighted by atomic mass is 10.1. The molecule has 2 amide bonds. The van der Waals surface area contributed by atoms with E-state index < -0.39 is 11.8 Å². The number of aryl methyl sites for hydroxylation is 1. The van der Waals surface area contributed by atoms with E-state index in [2.05, 4.69) is 16.0 Å². The summed E-state index contributed by atoms with van der Waals surface area (Å²) in [5, 5.41) is 4.45. The Labute approximate surface area is 160 Å². The first-order valence-electron chi connectivity index (χ1n) is 8.94. The first-order chi connectivity index (χ1) is 12.5. The van der Waals surface area contributed by atoms with Crippen LogP contribution >= 0.6 is 0 Å². The topological polar surface area (TPSA) is 85.3 Å². The van der Waals surface area contributed by atoms with Crippen molar-refractivity contribution in [1.29, 1.82) is 0 Å². The summed E-state index contributed by atoms with van der Waals surface area (Å²) >= 11 is 0. The van der Waals surface area contributed by atoms with E-state index in [1.165, 1.54) is 0 Å². The Hall–Kier alpha value is -2.83. The van der Waals surface area contributed by atoms with Crippen molar-refractivity contribution >= 4 is 11.8 Å². The molecule has 0 fully saturated rings. The number of carbonyl (C=O) groups excluding carboxylic acids is 2. The van der Waals surface area contributed by atoms with Crippen LogP contribution in [-0.2, 0) is 5.54 Å². The molecule has 0 aliphatic rings. The average Bonchev–Trinajstić information content (AvgIpc) is 2.87. The number of aromatic nitrogens is 2. The van der Waals surface area contributed by atoms with Gasteiger partial charge in [-0.1, -0.05) is 0 Å². The van der Waals surface area contributed by atoms with E-state index in [0.717, 1.165) is 5.69 Å². The predicted octanol–water partition coefficient (Wildman–Crippen LogP) is 3.12. The zero-order chi connectivity index (χ0) is 20.4. The molecule has 1 heterocycles. The van der Waals surface area contributed by atoms with Crippen molar-refractivity contribution < 1.29 is 14.3 Å². The summed E-state index contributed by atoms with van der Waals surface area (Å²) in [5.41, 5.74) is 6.92. The SMILES string of the molecule is Cc1nn(C(C)(C)C)c(C)c1C(=O)NNC(=O)c1ccc(OC(C)C)cc1. The van der Waals surface area contributed by atoms with Gasteiger partial charge in [0, 0.05) is 11.3 Å². The van der Waals surface area contributed by atoms with Crippen molar-refractivity contribution in [2.24, 2.45) is 0 Å². The monoisotopic (exact) mass is 372 g/mol. The molecule has 0 bridgehead atoms. The molecule has 27 heavy (non-hydrogen) atoms. The molecule has 1 aromatic carbocycles. The van der Waals surface area contributed by atoms with Gasteiger partial charge in [-0.25, -0.2) is 0 Å². The fourth-order valence-electron chi connectivity index (χ4n) is 2.83. The van der Waals surface area contributed by atoms with E-state index >= 15 is 0 Å². The third kappa shape index (κ3) is 4.87. The van der Waals surface area contributed by atoms with E-state index in [4.69, 9.17) is 4.74 Å². The molecule has 0 saturated heterocycles. The molecule has 1 aromatic heterocycles. The molecule has 0 unspecified atom stereocenters. The molecule has 0 spiro atoms. The molecular weight excluding hydrogens is 344 g/mol. The highest BCUT2D eigenvalue weighted by atomic mass is 16.5. The number of ether oxygens (including phenoxy) is 1. The van der Waals surface area contributed by atoms with E-state index in [1.54, 1.807) is 31.2 Å². The minimum absolute atomic E-state index is 0.0597. The second-order valence-electron chi connectivity index (χ2n) is 7.73. The highest BCUT2D eigenvalue weighted by Gasteiger charge is 2.24. The molecule has 2 N–H and O–H groups in total. The fourth-order valence-corrected chi connectivity index (χ4v) is 2.83. The maximum absolute atomic E-state index is 12.5. The quantitative estimate of drug-likeness (QED) is 0.808. The molecule has 146 valence electrons. The van der Waals surface area contributed by atoms with Gasteiger partial charge in [0.1, 0.15) is 5.75 Å². The van der Waals surface area contributed by atoms with E-state index in [9.17, 15) is 9.59 Å². The highest BCUT2D eigenvalue weighted by Crippen LogP contribution is 2.21. The van der Waals surface area contributed by atoms with E-state index in [1.807, 2.05) is 46.2 Å². The van der Waals surface area contributed by atoms with Gasteiger partial charge in [-0.2, -0.15) is 5.10 Å². The lowest BCUT2D eigenvalue weighted by molar-refractivity contribution is 0.0845. The number of hydrazine groups is 1. The zero-order valence-electron chi connectivity index (χ0n) is 17.0. The number of nitrogens with one attached hydrogen (secondary N) is 2. The summed E-state index contributed by atoms with van der Waals surface area (Å²) in [6, 6.07) is 6.73. The van der Waals surface area contributed by atoms with Crippen LogP contribution in [0.4, 0.5) is 0 Å². The Morgan fingerprint density at radius 3 is 2.07 bits per heavy atom. The predicted molar refractivity (Wildman–Crippen MR) is 104 cm³/mol. The summed E-state index contributed by atoms with van der Waals surface area (Å²) in [4.78, 5) is 24.8. The summed E-state index contributed by atoms with van der Waals surface area (Å²) in [6.07, 6.45) is 0.0597. The Kier molecular flexibility index (Phi) is 5.93. The maximum atomic E-state index is 12.5. The number of benzene rings is 1. The summed E-state index contributed by atoms with van der Waals surface area (Å²) in [6.45, 7) is 13.5. The van der Waals surface area contributed by atoms with Gasteiger partial charge < -0.3 is 4.74 Å². The molecule has 7 heteroatoms. The van der Waals surface area contributed by atoms with Crippen molar-refractivity contribution in [2.75, 3.05) is 0 Å². The third-order valence-corrected chi connectivity index (χ3v) is 3.93. The van der Waals surface area contributed by atoms with Crippen molar-refractivity contribution in [3.05, 3.63) is 46.8 Å². The van der Waals surface area contributed by atoms with Crippen LogP contribution in [0.5, 0.6) is 5.75 Å². The van der Waals surface area contributed by atoms with Crippen LogP contribution < -0.4 is 15.6 Å². The van der Waals surface area contributed by atoms with Gasteiger partial charge in [-0.3, -0.25) is 25.1 Å². The van der Waals surface area contributed by atoms with Crippen molar-refractivity contribution in [3.8, 4) is 5.75 Å². The molecular formula is C20H28N4O3. The molecule has 0 aliphatic heterocycles. The first-order valence-corrected chi connectivity index (χ1v) is 8.94. The standard InChI is InChI=1S/C20H28N4O3/c1-12(2)27-16-10-8-15(9-11-16)18(25)21-22-19(26)17-13(3)23-24(14(17)4)20(5,6)7/h8-12H,1-7H3,(H,21,25)(H,22,26). The van der Waals surface area contributed by atoms with Crippen molar-refractivity contribution in [2.45, 2.75) is 60.1 Å². The van der Waals surface area contributed by atoms with Crippen LogP contribution in [0.1, 0.15) is 66.7 Å². The lowest BCUT2D eigenvalue weighted by Gasteiger charge is -2.21. The van der Waals surface area contributed by atoms with E-state index in [0.29, 0.717) is 22.6 Å². The average molecular weight is 372 g/mol. The number of carbonyl (C=O) groups is 2. The summed E-state index contributed by atoms with van der Waals surface area (Å²) in [5.74, 6) is -0.113. The molecule has 2 aromatic rings. The van der Waals surface area contributed by atoms with Crippen LogP contribution in [0.3, 0.4) is 0 Å². The van der Waals surface area contributed by atoms with Crippen LogP contribution in [0, 0.1) is 13.8 Å². The fraction of sp³-hybridized carbons (Fsp3) is 0.450. The number of amides is 2. The number of hydrogen-bond donors (Lipinski definition) is 2. The molecule has 0 radical (unpaired) electrons. The van der Waals surface area contributed by atoms with Gasteiger partial charge in [0.25, 0.3) is 11.8 Å². The number of hydrogen-bond acceptors (Lipinski definition) is 4. The van der Waals surface area contributed by atoms with Gasteiger partial charge >= 0.3 is 0 Å². The summed E-state index contributed by atoms with van der Waals surface area (Å²) < 4.78 is 7.36. The van der Waals surface area contributed by atoms with Crippen LogP contribution in [0.2, 0.25) is 0 Å². The minimum Gasteiger partial charge on any atom is -0.491 e. The van der Waals surface area contributed by atoms with Crippen molar-refractivity contribution in [3.63, 3.8) is 0 Å². The Morgan fingerprint density at radius 1 is 1.04 bits per heavy atom. The normalized spacial score (nSPS) is 11.4. The van der Waals surface area contributed by atoms with Gasteiger partial charge in [0.15, 0.2) is 0 Å². The largest absolute Gasteiger partial charge is 0.491 e. The number of rotatable bonds is 4. The Bertz CT molecular complexity index is 830. The van der Waals surface area contributed by atoms with Crippen LogP contribution in [0.25, 0.3) is 0 Å². The van der Waals surface area contributed by atoms with Gasteiger partial charge in [-0.05, 0) is 72.7 Å². The third-order valence-electron chi connectivity index (χ3n) is 3.93. The minimum atomic E-state index is -0.405. The Balaban J connectivity index is 2.05. The number of nitrogens with zero attached hydrogens (tertiary/aromatic N) is 2. The molecule has 0 saturated carbocycles. The van der Waals surface area contributed by atoms with Gasteiger partial charge in [0.2, 0.25) is 0 Å². The van der Waals surface area contributed by atoms with Crippen LogP contribution in [-0.4, -0.2) is 27.7 Å². The lowest BCUT2D eigenvalue weighted by Crippen LogP contribution is -2.42. The first kappa shape index (κ1) is 20.5. The maximum Gasteiger partial charge on any atom is 0.273 e. The van der Waals surface area contributed by atoms with Gasteiger partial charge in [0.05, 0.1) is 22.9 Å². The zero-order valence-corrected chi connectivity index (χ0v) is 17.0. The molecule has 0 aliphatic carbocycles. The summed E-state index contributed by atoms with van der Waals surface area (Å²) in [7, 11) is 0. The van der Waals surface area contributed by atoms with Crippen LogP contribution in [0.15, 0.2) is 24.3 Å². The Morgan fingerprint density at radius 2 is 1.59 bits per heavy atom.